The third kappa shape index (κ3) is 3.85. The molecule has 2 rings (SSSR count). The van der Waals surface area contributed by atoms with E-state index in [0.29, 0.717) is 13.0 Å². The third-order valence-corrected chi connectivity index (χ3v) is 5.16. The molecule has 0 aromatic heterocycles. The van der Waals surface area contributed by atoms with E-state index in [0.717, 1.165) is 49.8 Å². The number of urea groups is 1. The molecule has 1 spiro atoms. The zero-order chi connectivity index (χ0) is 16.9. The van der Waals surface area contributed by atoms with Crippen LogP contribution in [0.15, 0.2) is 0 Å². The van der Waals surface area contributed by atoms with Crippen LogP contribution in [0.3, 0.4) is 0 Å². The molecule has 0 aromatic carbocycles. The molecule has 1 aliphatic heterocycles. The molecule has 2 fully saturated rings. The maximum absolute atomic E-state index is 12.7. The summed E-state index contributed by atoms with van der Waals surface area (Å²) in [6.45, 7) is 4.57. The summed E-state index contributed by atoms with van der Waals surface area (Å²) in [5.41, 5.74) is -0.781. The number of amides is 4. The van der Waals surface area contributed by atoms with E-state index in [9.17, 15) is 14.4 Å². The van der Waals surface area contributed by atoms with Gasteiger partial charge in [-0.3, -0.25) is 14.5 Å². The van der Waals surface area contributed by atoms with Gasteiger partial charge >= 0.3 is 6.03 Å². The van der Waals surface area contributed by atoms with Crippen LogP contribution in [-0.4, -0.2) is 41.4 Å². The van der Waals surface area contributed by atoms with Gasteiger partial charge in [0.2, 0.25) is 5.91 Å². The number of rotatable bonds is 7. The van der Waals surface area contributed by atoms with Gasteiger partial charge in [-0.2, -0.15) is 0 Å². The number of nitrogens with zero attached hydrogens (tertiary/aromatic N) is 1. The average Bonchev–Trinajstić information content (AvgIpc) is 2.75. The van der Waals surface area contributed by atoms with E-state index in [-0.39, 0.29) is 24.3 Å². The second-order valence-corrected chi connectivity index (χ2v) is 6.85. The number of carbonyl (C=O) groups is 3. The minimum atomic E-state index is -0.781. The molecular formula is C17H29N3O3. The van der Waals surface area contributed by atoms with Crippen molar-refractivity contribution in [2.75, 3.05) is 13.1 Å². The number of hydrogen-bond donors (Lipinski definition) is 2. The van der Waals surface area contributed by atoms with Crippen LogP contribution < -0.4 is 10.6 Å². The Morgan fingerprint density at radius 2 is 2.09 bits per heavy atom. The standard InChI is InChI=1S/C17H29N3O3/c1-3-4-5-8-11-18-14(21)12-20-15(22)17(19-16(20)23)10-7-6-9-13(17)2/h13H,3-12H2,1-2H3,(H,18,21)(H,19,23)/t13-,17-/m1/s1. The molecule has 0 unspecified atom stereocenters. The first kappa shape index (κ1) is 17.8. The van der Waals surface area contributed by atoms with Crippen LogP contribution in [0.4, 0.5) is 4.79 Å². The molecule has 1 aliphatic carbocycles. The SMILES string of the molecule is CCCCCCNC(=O)CN1C(=O)N[C@@]2(CCCC[C@H]2C)C1=O. The summed E-state index contributed by atoms with van der Waals surface area (Å²) in [7, 11) is 0. The first-order chi connectivity index (χ1) is 11.0. The Balaban J connectivity index is 1.87. The van der Waals surface area contributed by atoms with Gasteiger partial charge in [-0.15, -0.1) is 0 Å². The summed E-state index contributed by atoms with van der Waals surface area (Å²) in [4.78, 5) is 38.0. The van der Waals surface area contributed by atoms with E-state index in [1.54, 1.807) is 0 Å². The first-order valence-corrected chi connectivity index (χ1v) is 8.92. The summed E-state index contributed by atoms with van der Waals surface area (Å²) >= 11 is 0. The van der Waals surface area contributed by atoms with Crippen molar-refractivity contribution in [1.82, 2.24) is 15.5 Å². The maximum Gasteiger partial charge on any atom is 0.325 e. The van der Waals surface area contributed by atoms with Crippen molar-refractivity contribution >= 4 is 17.8 Å². The molecule has 2 atom stereocenters. The van der Waals surface area contributed by atoms with Crippen LogP contribution in [-0.2, 0) is 9.59 Å². The van der Waals surface area contributed by atoms with Crippen molar-refractivity contribution in [3.05, 3.63) is 0 Å². The lowest BCUT2D eigenvalue weighted by atomic mass is 9.73. The van der Waals surface area contributed by atoms with Crippen molar-refractivity contribution in [2.24, 2.45) is 5.92 Å². The van der Waals surface area contributed by atoms with Crippen molar-refractivity contribution in [3.8, 4) is 0 Å². The molecule has 6 heteroatoms. The highest BCUT2D eigenvalue weighted by atomic mass is 16.2. The molecule has 130 valence electrons. The molecule has 1 heterocycles. The Morgan fingerprint density at radius 3 is 2.78 bits per heavy atom. The van der Waals surface area contributed by atoms with E-state index in [4.69, 9.17) is 0 Å². The van der Waals surface area contributed by atoms with Crippen molar-refractivity contribution in [3.63, 3.8) is 0 Å². The Hall–Kier alpha value is -1.59. The summed E-state index contributed by atoms with van der Waals surface area (Å²) < 4.78 is 0. The molecule has 4 amide bonds. The maximum atomic E-state index is 12.7. The summed E-state index contributed by atoms with van der Waals surface area (Å²) in [6.07, 6.45) is 7.96. The molecular weight excluding hydrogens is 294 g/mol. The van der Waals surface area contributed by atoms with Crippen LogP contribution in [0.25, 0.3) is 0 Å². The number of unbranched alkanes of at least 4 members (excludes halogenated alkanes) is 3. The molecule has 2 aliphatic rings. The normalized spacial score (nSPS) is 27.4. The van der Waals surface area contributed by atoms with E-state index >= 15 is 0 Å². The largest absolute Gasteiger partial charge is 0.355 e. The van der Waals surface area contributed by atoms with Gasteiger partial charge in [0.25, 0.3) is 5.91 Å². The van der Waals surface area contributed by atoms with Gasteiger partial charge in [0.15, 0.2) is 0 Å². The van der Waals surface area contributed by atoms with E-state index in [1.807, 2.05) is 6.92 Å². The molecule has 2 N–H and O–H groups in total. The number of nitrogens with one attached hydrogen (secondary N) is 2. The number of carbonyl (C=O) groups excluding carboxylic acids is 3. The molecule has 0 radical (unpaired) electrons. The predicted molar refractivity (Wildman–Crippen MR) is 87.8 cm³/mol. The zero-order valence-corrected chi connectivity index (χ0v) is 14.3. The monoisotopic (exact) mass is 323 g/mol. The molecule has 23 heavy (non-hydrogen) atoms. The Bertz CT molecular complexity index is 466. The highest BCUT2D eigenvalue weighted by Crippen LogP contribution is 2.38. The summed E-state index contributed by atoms with van der Waals surface area (Å²) in [6, 6.07) is -0.426. The van der Waals surface area contributed by atoms with Gasteiger partial charge in [-0.05, 0) is 25.2 Å². The average molecular weight is 323 g/mol. The fraction of sp³-hybridized carbons (Fsp3) is 0.824. The molecule has 6 nitrogen and oxygen atoms in total. The third-order valence-electron chi connectivity index (χ3n) is 5.16. The quantitative estimate of drug-likeness (QED) is 0.557. The van der Waals surface area contributed by atoms with Crippen LogP contribution in [0, 0.1) is 5.92 Å². The smallest absolute Gasteiger partial charge is 0.325 e. The minimum Gasteiger partial charge on any atom is -0.355 e. The fourth-order valence-corrected chi connectivity index (χ4v) is 3.62. The van der Waals surface area contributed by atoms with E-state index in [1.165, 1.54) is 0 Å². The van der Waals surface area contributed by atoms with Crippen molar-refractivity contribution < 1.29 is 14.4 Å². The number of hydrogen-bond acceptors (Lipinski definition) is 3. The molecule has 1 saturated carbocycles. The summed E-state index contributed by atoms with van der Waals surface area (Å²) in [5.74, 6) is -0.365. The van der Waals surface area contributed by atoms with Gasteiger partial charge in [0.1, 0.15) is 12.1 Å². The number of imide groups is 1. The highest BCUT2D eigenvalue weighted by Gasteiger charge is 2.55. The van der Waals surface area contributed by atoms with Gasteiger partial charge < -0.3 is 10.6 Å². The second kappa shape index (κ2) is 7.79. The van der Waals surface area contributed by atoms with E-state index < -0.39 is 11.6 Å². The van der Waals surface area contributed by atoms with Gasteiger partial charge in [0, 0.05) is 6.54 Å². The Labute approximate surface area is 138 Å². The minimum absolute atomic E-state index is 0.120. The van der Waals surface area contributed by atoms with Gasteiger partial charge in [-0.1, -0.05) is 46.0 Å². The van der Waals surface area contributed by atoms with E-state index in [2.05, 4.69) is 17.6 Å². The summed E-state index contributed by atoms with van der Waals surface area (Å²) in [5, 5.41) is 5.66. The van der Waals surface area contributed by atoms with Crippen molar-refractivity contribution in [2.45, 2.75) is 70.8 Å². The fourth-order valence-electron chi connectivity index (χ4n) is 3.62. The Kier molecular flexibility index (Phi) is 6.02. The lowest BCUT2D eigenvalue weighted by Crippen LogP contribution is -2.54. The lowest BCUT2D eigenvalue weighted by molar-refractivity contribution is -0.137. The first-order valence-electron chi connectivity index (χ1n) is 8.92. The van der Waals surface area contributed by atoms with Gasteiger partial charge in [-0.25, -0.2) is 4.79 Å². The molecule has 1 saturated heterocycles. The van der Waals surface area contributed by atoms with Crippen LogP contribution in [0.1, 0.15) is 65.2 Å². The van der Waals surface area contributed by atoms with Crippen LogP contribution in [0.2, 0.25) is 0 Å². The van der Waals surface area contributed by atoms with Crippen LogP contribution in [0.5, 0.6) is 0 Å². The Morgan fingerprint density at radius 1 is 1.30 bits per heavy atom. The topological polar surface area (TPSA) is 78.5 Å². The molecule has 0 aromatic rings. The van der Waals surface area contributed by atoms with Crippen molar-refractivity contribution in [1.29, 1.82) is 0 Å². The predicted octanol–water partition coefficient (Wildman–Crippen LogP) is 2.18. The highest BCUT2D eigenvalue weighted by molar-refractivity contribution is 6.09. The second-order valence-electron chi connectivity index (χ2n) is 6.85. The lowest BCUT2D eigenvalue weighted by Gasteiger charge is -2.36. The van der Waals surface area contributed by atoms with Crippen LogP contribution >= 0.6 is 0 Å². The molecule has 0 bridgehead atoms. The van der Waals surface area contributed by atoms with Gasteiger partial charge in [0.05, 0.1) is 0 Å². The zero-order valence-electron chi connectivity index (χ0n) is 14.3.